The predicted molar refractivity (Wildman–Crippen MR) is 71.4 cm³/mol. The zero-order valence-corrected chi connectivity index (χ0v) is 11.8. The van der Waals surface area contributed by atoms with Crippen LogP contribution < -0.4 is 5.73 Å². The highest BCUT2D eigenvalue weighted by atomic mass is 35.5. The molecule has 1 saturated heterocycles. The van der Waals surface area contributed by atoms with E-state index >= 15 is 0 Å². The lowest BCUT2D eigenvalue weighted by molar-refractivity contribution is -0.170. The van der Waals surface area contributed by atoms with Gasteiger partial charge in [0, 0.05) is 6.20 Å². The summed E-state index contributed by atoms with van der Waals surface area (Å²) in [5, 5.41) is 4.31. The molecule has 1 fully saturated rings. The molecule has 2 heterocycles. The van der Waals surface area contributed by atoms with Crippen LogP contribution >= 0.6 is 12.4 Å². The van der Waals surface area contributed by atoms with E-state index in [1.54, 1.807) is 6.20 Å². The lowest BCUT2D eigenvalue weighted by atomic mass is 9.85. The fourth-order valence-electron chi connectivity index (χ4n) is 2.78. The molecule has 4 nitrogen and oxygen atoms in total. The Morgan fingerprint density at radius 3 is 2.24 bits per heavy atom. The first-order valence-electron chi connectivity index (χ1n) is 5.77. The Kier molecular flexibility index (Phi) is 3.79. The molecule has 2 rings (SSSR count). The molecular formula is C12H22ClN3O. The number of nitrogens with two attached hydrogens (primary N) is 1. The van der Waals surface area contributed by atoms with Gasteiger partial charge in [-0.1, -0.05) is 0 Å². The standard InChI is InChI=1S/C12H21N3O.ClH/c1-11(2)5-10(6-12(3,4)16-11)15-8-9(13)7-14-15;/h7-8,10H,5-6,13H2,1-4H3;1H. The summed E-state index contributed by atoms with van der Waals surface area (Å²) in [5.74, 6) is 0. The molecule has 1 aliphatic heterocycles. The number of nitrogens with zero attached hydrogens (tertiary/aromatic N) is 2. The largest absolute Gasteiger partial charge is 0.396 e. The molecule has 0 unspecified atom stereocenters. The maximum Gasteiger partial charge on any atom is 0.0719 e. The van der Waals surface area contributed by atoms with E-state index in [9.17, 15) is 0 Å². The van der Waals surface area contributed by atoms with E-state index in [1.807, 2.05) is 10.9 Å². The average molecular weight is 260 g/mol. The molecule has 0 aliphatic carbocycles. The van der Waals surface area contributed by atoms with Crippen molar-refractivity contribution in [2.45, 2.75) is 57.8 Å². The maximum absolute atomic E-state index is 6.05. The summed E-state index contributed by atoms with van der Waals surface area (Å²) in [6, 6.07) is 0.371. The summed E-state index contributed by atoms with van der Waals surface area (Å²) >= 11 is 0. The van der Waals surface area contributed by atoms with E-state index < -0.39 is 0 Å². The van der Waals surface area contributed by atoms with Crippen molar-refractivity contribution in [3.05, 3.63) is 12.4 Å². The zero-order valence-electron chi connectivity index (χ0n) is 10.9. The van der Waals surface area contributed by atoms with Crippen molar-refractivity contribution >= 4 is 18.1 Å². The summed E-state index contributed by atoms with van der Waals surface area (Å²) in [4.78, 5) is 0. The van der Waals surface area contributed by atoms with Gasteiger partial charge < -0.3 is 10.5 Å². The van der Waals surface area contributed by atoms with Gasteiger partial charge in [-0.3, -0.25) is 4.68 Å². The van der Waals surface area contributed by atoms with Crippen LogP contribution in [-0.4, -0.2) is 21.0 Å². The second-order valence-electron chi connectivity index (χ2n) is 5.94. The Hall–Kier alpha value is -0.740. The number of rotatable bonds is 1. The minimum atomic E-state index is -0.104. The van der Waals surface area contributed by atoms with E-state index in [1.165, 1.54) is 0 Å². The van der Waals surface area contributed by atoms with Crippen LogP contribution in [0.25, 0.3) is 0 Å². The number of nitrogen functional groups attached to an aromatic ring is 1. The molecule has 0 bridgehead atoms. The zero-order chi connectivity index (χ0) is 12.0. The third-order valence-corrected chi connectivity index (χ3v) is 3.00. The molecule has 0 radical (unpaired) electrons. The van der Waals surface area contributed by atoms with E-state index in [4.69, 9.17) is 10.5 Å². The van der Waals surface area contributed by atoms with Gasteiger partial charge in [0.05, 0.1) is 29.1 Å². The van der Waals surface area contributed by atoms with Crippen LogP contribution in [0.5, 0.6) is 0 Å². The third kappa shape index (κ3) is 3.36. The number of aromatic nitrogens is 2. The minimum absolute atomic E-state index is 0. The van der Waals surface area contributed by atoms with Crippen LogP contribution in [0.2, 0.25) is 0 Å². The molecule has 0 aromatic carbocycles. The van der Waals surface area contributed by atoms with Gasteiger partial charge in [-0.25, -0.2) is 0 Å². The first-order chi connectivity index (χ1) is 7.27. The van der Waals surface area contributed by atoms with E-state index in [2.05, 4.69) is 32.8 Å². The summed E-state index contributed by atoms with van der Waals surface area (Å²) < 4.78 is 8.02. The molecule has 17 heavy (non-hydrogen) atoms. The monoisotopic (exact) mass is 259 g/mol. The molecule has 98 valence electrons. The van der Waals surface area contributed by atoms with Crippen molar-refractivity contribution in [1.82, 2.24) is 9.78 Å². The fraction of sp³-hybridized carbons (Fsp3) is 0.750. The van der Waals surface area contributed by atoms with Crippen molar-refractivity contribution in [2.24, 2.45) is 0 Å². The Morgan fingerprint density at radius 2 is 1.82 bits per heavy atom. The summed E-state index contributed by atoms with van der Waals surface area (Å²) in [6.45, 7) is 8.53. The summed E-state index contributed by atoms with van der Waals surface area (Å²) in [5.41, 5.74) is 6.22. The second kappa shape index (κ2) is 4.50. The Balaban J connectivity index is 0.00000144. The second-order valence-corrected chi connectivity index (χ2v) is 5.94. The molecular weight excluding hydrogens is 238 g/mol. The van der Waals surface area contributed by atoms with Gasteiger partial charge >= 0.3 is 0 Å². The third-order valence-electron chi connectivity index (χ3n) is 3.00. The van der Waals surface area contributed by atoms with Crippen molar-refractivity contribution in [2.75, 3.05) is 5.73 Å². The molecule has 1 aromatic heterocycles. The highest BCUT2D eigenvalue weighted by Crippen LogP contribution is 2.40. The van der Waals surface area contributed by atoms with Crippen LogP contribution in [0.15, 0.2) is 12.4 Å². The molecule has 0 saturated carbocycles. The van der Waals surface area contributed by atoms with Crippen molar-refractivity contribution in [3.63, 3.8) is 0 Å². The number of hydrogen-bond donors (Lipinski definition) is 1. The molecule has 0 atom stereocenters. The van der Waals surface area contributed by atoms with Crippen LogP contribution in [0.4, 0.5) is 5.69 Å². The molecule has 1 aliphatic rings. The Bertz CT molecular complexity index is 371. The number of halogens is 1. The molecule has 0 spiro atoms. The minimum Gasteiger partial charge on any atom is -0.396 e. The van der Waals surface area contributed by atoms with E-state index in [0.717, 1.165) is 18.5 Å². The van der Waals surface area contributed by atoms with Crippen LogP contribution in [0.1, 0.15) is 46.6 Å². The predicted octanol–water partition coefficient (Wildman–Crippen LogP) is 2.80. The van der Waals surface area contributed by atoms with Crippen molar-refractivity contribution in [3.8, 4) is 0 Å². The summed E-state index contributed by atoms with van der Waals surface area (Å²) in [6.07, 6.45) is 5.55. The first-order valence-corrected chi connectivity index (χ1v) is 5.77. The van der Waals surface area contributed by atoms with Gasteiger partial charge in [-0.2, -0.15) is 5.10 Å². The lowest BCUT2D eigenvalue weighted by Crippen LogP contribution is -2.45. The highest BCUT2D eigenvalue weighted by Gasteiger charge is 2.40. The molecule has 0 amide bonds. The van der Waals surface area contributed by atoms with Crippen molar-refractivity contribution < 1.29 is 4.74 Å². The van der Waals surface area contributed by atoms with Crippen molar-refractivity contribution in [1.29, 1.82) is 0 Å². The van der Waals surface area contributed by atoms with Crippen LogP contribution in [0, 0.1) is 0 Å². The average Bonchev–Trinajstić information content (AvgIpc) is 2.45. The van der Waals surface area contributed by atoms with Gasteiger partial charge in [0.1, 0.15) is 0 Å². The Labute approximate surface area is 109 Å². The van der Waals surface area contributed by atoms with Gasteiger partial charge in [-0.05, 0) is 40.5 Å². The number of ether oxygens (including phenoxy) is 1. The lowest BCUT2D eigenvalue weighted by Gasteiger charge is -2.45. The van der Waals surface area contributed by atoms with E-state index in [-0.39, 0.29) is 23.6 Å². The quantitative estimate of drug-likeness (QED) is 0.844. The van der Waals surface area contributed by atoms with Gasteiger partial charge in [-0.15, -0.1) is 12.4 Å². The SMILES string of the molecule is CC1(C)CC(n2cc(N)cn2)CC(C)(C)O1.Cl. The van der Waals surface area contributed by atoms with Gasteiger partial charge in [0.2, 0.25) is 0 Å². The van der Waals surface area contributed by atoms with Crippen LogP contribution in [-0.2, 0) is 4.74 Å². The smallest absolute Gasteiger partial charge is 0.0719 e. The topological polar surface area (TPSA) is 53.1 Å². The fourth-order valence-corrected chi connectivity index (χ4v) is 2.78. The molecule has 5 heteroatoms. The highest BCUT2D eigenvalue weighted by molar-refractivity contribution is 5.85. The Morgan fingerprint density at radius 1 is 1.29 bits per heavy atom. The number of hydrogen-bond acceptors (Lipinski definition) is 3. The molecule has 2 N–H and O–H groups in total. The first kappa shape index (κ1) is 14.3. The molecule has 1 aromatic rings. The maximum atomic E-state index is 6.05. The summed E-state index contributed by atoms with van der Waals surface area (Å²) in [7, 11) is 0. The van der Waals surface area contributed by atoms with Crippen LogP contribution in [0.3, 0.4) is 0 Å². The normalized spacial score (nSPS) is 23.1. The van der Waals surface area contributed by atoms with Gasteiger partial charge in [0.25, 0.3) is 0 Å². The van der Waals surface area contributed by atoms with Gasteiger partial charge in [0.15, 0.2) is 0 Å². The number of anilines is 1. The van der Waals surface area contributed by atoms with E-state index in [0.29, 0.717) is 6.04 Å².